The van der Waals surface area contributed by atoms with Gasteiger partial charge in [0.15, 0.2) is 5.71 Å². The Morgan fingerprint density at radius 1 is 0.818 bits per heavy atom. The maximum atomic E-state index is 12.5. The van der Waals surface area contributed by atoms with E-state index in [2.05, 4.69) is 44.7 Å². The van der Waals surface area contributed by atoms with Crippen molar-refractivity contribution in [3.8, 4) is 0 Å². The minimum atomic E-state index is -4.43. The molecular formula is C49H62N3O12S2+. The van der Waals surface area contributed by atoms with E-state index in [0.717, 1.165) is 97.4 Å². The van der Waals surface area contributed by atoms with Crippen molar-refractivity contribution in [2.24, 2.45) is 0 Å². The summed E-state index contributed by atoms with van der Waals surface area (Å²) in [4.78, 5) is 49.1. The first-order chi connectivity index (χ1) is 32.0. The number of carbonyl (C=O) groups excluding carboxylic acids is 3. The number of rotatable bonds is 22. The average molecular weight is 949 g/mol. The van der Waals surface area contributed by atoms with Crippen LogP contribution in [0.25, 0.3) is 0 Å². The Labute approximate surface area is 392 Å². The van der Waals surface area contributed by atoms with Gasteiger partial charge in [-0.05, 0) is 80.5 Å². The summed E-state index contributed by atoms with van der Waals surface area (Å²) >= 11 is 1.12. The highest BCUT2D eigenvalue weighted by atomic mass is 32.2. The van der Waals surface area contributed by atoms with E-state index in [9.17, 15) is 27.4 Å². The van der Waals surface area contributed by atoms with Crippen LogP contribution in [0.2, 0.25) is 0 Å². The Hall–Kier alpha value is -4.46. The summed E-state index contributed by atoms with van der Waals surface area (Å²) in [5.74, 6) is -1.63. The van der Waals surface area contributed by atoms with Crippen LogP contribution in [0.4, 0.5) is 11.4 Å². The predicted octanol–water partition coefficient (Wildman–Crippen LogP) is 8.86. The molecule has 0 radical (unpaired) electrons. The number of nitrogens with zero attached hydrogens (tertiary/aromatic N) is 3. The second kappa shape index (κ2) is 23.0. The summed E-state index contributed by atoms with van der Waals surface area (Å²) in [5, 5.41) is 5.27. The zero-order chi connectivity index (χ0) is 46.6. The van der Waals surface area contributed by atoms with Gasteiger partial charge in [0.2, 0.25) is 5.69 Å². The first-order valence-electron chi connectivity index (χ1n) is 23.1. The number of carbonyl (C=O) groups is 3. The molecule has 66 heavy (non-hydrogen) atoms. The molecule has 2 aromatic carbocycles. The average Bonchev–Trinajstić information content (AvgIpc) is 3.85. The van der Waals surface area contributed by atoms with E-state index < -0.39 is 33.3 Å². The molecule has 0 atom stereocenters. The molecule has 17 heteroatoms. The van der Waals surface area contributed by atoms with Crippen molar-refractivity contribution in [2.75, 3.05) is 52.0 Å². The van der Waals surface area contributed by atoms with Gasteiger partial charge in [-0.3, -0.25) is 14.1 Å². The molecule has 2 saturated carbocycles. The molecule has 0 bridgehead atoms. The summed E-state index contributed by atoms with van der Waals surface area (Å²) in [7, 11) is -1.36. The van der Waals surface area contributed by atoms with Gasteiger partial charge in [-0.1, -0.05) is 73.9 Å². The Balaban J connectivity index is 1.11. The van der Waals surface area contributed by atoms with Crippen molar-refractivity contribution in [1.82, 2.24) is 5.06 Å². The molecule has 7 rings (SSSR count). The van der Waals surface area contributed by atoms with Gasteiger partial charge in [0, 0.05) is 78.7 Å². The Morgan fingerprint density at radius 2 is 1.53 bits per heavy atom. The van der Waals surface area contributed by atoms with Gasteiger partial charge in [0.05, 0.1) is 49.3 Å². The fourth-order valence-corrected chi connectivity index (χ4v) is 11.3. The van der Waals surface area contributed by atoms with Crippen molar-refractivity contribution < 1.29 is 60.5 Å². The smallest absolute Gasteiger partial charge is 0.333 e. The second-order valence-corrected chi connectivity index (χ2v) is 19.5. The number of hydroxylamine groups is 2. The van der Waals surface area contributed by atoms with Gasteiger partial charge in [0.1, 0.15) is 6.54 Å². The lowest BCUT2D eigenvalue weighted by molar-refractivity contribution is -0.447. The number of anilines is 1. The quantitative estimate of drug-likeness (QED) is 0.0174. The summed E-state index contributed by atoms with van der Waals surface area (Å²) < 4.78 is 53.5. The summed E-state index contributed by atoms with van der Waals surface area (Å²) in [6.07, 6.45) is 26.9. The van der Waals surface area contributed by atoms with Crippen molar-refractivity contribution >= 4 is 57.0 Å². The lowest BCUT2D eigenvalue weighted by atomic mass is 9.67. The first-order valence-corrected chi connectivity index (χ1v) is 25.3. The molecule has 3 heterocycles. The van der Waals surface area contributed by atoms with Crippen LogP contribution >= 0.6 is 12.0 Å². The van der Waals surface area contributed by atoms with Gasteiger partial charge < -0.3 is 19.2 Å². The SMILES string of the molecule is COCCOCCN1C(=CC=CC=CC=CC2=[N+](CCCCCC(=O)ON3C(=O)CCC3=O)c3ccc(S(=O)(=O)O)cc3C23CCCCC3)C2(CCCCC2)c2cc(SOOOC)ccc21. The maximum Gasteiger partial charge on any atom is 0.333 e. The normalized spacial score (nSPS) is 19.8. The van der Waals surface area contributed by atoms with E-state index in [0.29, 0.717) is 57.2 Å². The van der Waals surface area contributed by atoms with E-state index in [4.69, 9.17) is 23.7 Å². The van der Waals surface area contributed by atoms with Gasteiger partial charge in [-0.15, -0.1) is 9.40 Å². The van der Waals surface area contributed by atoms with Crippen molar-refractivity contribution in [1.29, 1.82) is 0 Å². The maximum absolute atomic E-state index is 12.5. The molecule has 2 aliphatic carbocycles. The standard InChI is InChI=1S/C49H61N3O12S2/c1-59-33-34-61-32-31-51-41-22-20-37(65-64-63-60-2)35-39(41)48(26-12-7-13-27-48)44(51)18-10-5-3-4-9-17-43-49(28-14-8-15-29-49)40-36-38(66(56,57)58)21-23-42(40)50(43)30-16-6-11-19-47(55)62-52-45(53)24-25-46(52)54/h3-5,9-10,17-18,20-23,35-36H,6-8,11-16,19,24-34H2,1-2H3/p+1. The molecule has 2 amide bonds. The van der Waals surface area contributed by atoms with E-state index in [-0.39, 0.29) is 29.6 Å². The van der Waals surface area contributed by atoms with Crippen LogP contribution in [0.3, 0.4) is 0 Å². The molecule has 3 aliphatic heterocycles. The van der Waals surface area contributed by atoms with Crippen LogP contribution in [0.5, 0.6) is 0 Å². The zero-order valence-electron chi connectivity index (χ0n) is 38.0. The van der Waals surface area contributed by atoms with Crippen molar-refractivity contribution in [2.45, 2.75) is 123 Å². The number of unbranched alkanes of at least 4 members (excludes halogenated alkanes) is 2. The summed E-state index contributed by atoms with van der Waals surface area (Å²) in [6, 6.07) is 11.3. The predicted molar refractivity (Wildman–Crippen MR) is 248 cm³/mol. The summed E-state index contributed by atoms with van der Waals surface area (Å²) in [6.45, 7) is 2.90. The molecule has 2 spiro atoms. The zero-order valence-corrected chi connectivity index (χ0v) is 39.6. The van der Waals surface area contributed by atoms with Crippen molar-refractivity contribution in [3.63, 3.8) is 0 Å². The van der Waals surface area contributed by atoms with Gasteiger partial charge in [0.25, 0.3) is 21.9 Å². The largest absolute Gasteiger partial charge is 0.382 e. The first kappa shape index (κ1) is 49.4. The van der Waals surface area contributed by atoms with Crippen molar-refractivity contribution in [3.05, 3.63) is 95.8 Å². The van der Waals surface area contributed by atoms with Crippen LogP contribution < -0.4 is 4.90 Å². The van der Waals surface area contributed by atoms with E-state index in [1.54, 1.807) is 19.2 Å². The number of imide groups is 1. The molecule has 1 N–H and O–H groups in total. The van der Waals surface area contributed by atoms with Crippen LogP contribution in [-0.2, 0) is 63.9 Å². The number of allylic oxidation sites excluding steroid dienone is 8. The molecule has 2 aromatic rings. The lowest BCUT2D eigenvalue weighted by Crippen LogP contribution is -2.36. The minimum absolute atomic E-state index is 0.0435. The fraction of sp³-hybridized carbons (Fsp3) is 0.510. The monoisotopic (exact) mass is 948 g/mol. The molecule has 356 valence electrons. The molecule has 5 aliphatic rings. The highest BCUT2D eigenvalue weighted by Gasteiger charge is 2.52. The molecule has 1 saturated heterocycles. The minimum Gasteiger partial charge on any atom is -0.382 e. The molecule has 0 unspecified atom stereocenters. The number of ether oxygens (including phenoxy) is 2. The van der Waals surface area contributed by atoms with E-state index in [1.165, 1.54) is 30.9 Å². The molecule has 0 aromatic heterocycles. The van der Waals surface area contributed by atoms with E-state index >= 15 is 0 Å². The number of hydrogen-bond donors (Lipinski definition) is 1. The highest BCUT2D eigenvalue weighted by molar-refractivity contribution is 7.94. The Morgan fingerprint density at radius 3 is 2.24 bits per heavy atom. The number of hydrogen-bond acceptors (Lipinski definition) is 13. The van der Waals surface area contributed by atoms with Crippen LogP contribution in [-0.4, -0.2) is 93.2 Å². The van der Waals surface area contributed by atoms with E-state index in [1.807, 2.05) is 30.4 Å². The van der Waals surface area contributed by atoms with Gasteiger partial charge in [-0.2, -0.15) is 13.0 Å². The third kappa shape index (κ3) is 11.3. The van der Waals surface area contributed by atoms with Crippen LogP contribution in [0, 0.1) is 0 Å². The second-order valence-electron chi connectivity index (χ2n) is 17.3. The Bertz CT molecular complexity index is 2330. The molecular weight excluding hydrogens is 887 g/mol. The van der Waals surface area contributed by atoms with Gasteiger partial charge >= 0.3 is 5.97 Å². The third-order valence-electron chi connectivity index (χ3n) is 13.4. The fourth-order valence-electron chi connectivity index (χ4n) is 10.4. The molecule has 15 nitrogen and oxygen atoms in total. The topological polar surface area (TPSA) is 170 Å². The lowest BCUT2D eigenvalue weighted by Gasteiger charge is -2.37. The van der Waals surface area contributed by atoms with Gasteiger partial charge in [-0.25, -0.2) is 9.68 Å². The number of methoxy groups -OCH3 is 1. The van der Waals surface area contributed by atoms with Crippen LogP contribution in [0.15, 0.2) is 94.4 Å². The third-order valence-corrected chi connectivity index (χ3v) is 14.8. The number of amides is 2. The Kier molecular flexibility index (Phi) is 17.3. The molecule has 3 fully saturated rings. The number of benzene rings is 2. The summed E-state index contributed by atoms with van der Waals surface area (Å²) in [5.41, 5.74) is 5.99. The number of fused-ring (bicyclic) bond motifs is 4. The van der Waals surface area contributed by atoms with Crippen LogP contribution in [0.1, 0.15) is 114 Å². The highest BCUT2D eigenvalue weighted by Crippen LogP contribution is 2.56.